The zero-order chi connectivity index (χ0) is 18.8. The maximum Gasteiger partial charge on any atom is 0.135 e. The average molecular weight is 363 g/mol. The van der Waals surface area contributed by atoms with Gasteiger partial charge < -0.3 is 0 Å². The molecule has 2 atom stereocenters. The van der Waals surface area contributed by atoms with E-state index in [0.29, 0.717) is 0 Å². The van der Waals surface area contributed by atoms with Crippen molar-refractivity contribution in [1.82, 2.24) is 15.2 Å². The standard InChI is InChI=1S/C22H19F2N3/c1-21(2)14-9-10-22(21,18-8-3-4-11-25-18)20-13(14)12-17(26-27-20)19-15(23)6-5-7-16(19)24/h3-8,11-12,14H,9-10H2,1-2H3/t14-,22+/m0/s1. The molecule has 0 unspecified atom stereocenters. The van der Waals surface area contributed by atoms with E-state index in [1.165, 1.54) is 18.2 Å². The summed E-state index contributed by atoms with van der Waals surface area (Å²) in [4.78, 5) is 4.65. The molecule has 3 nitrogen and oxygen atoms in total. The summed E-state index contributed by atoms with van der Waals surface area (Å²) >= 11 is 0. The van der Waals surface area contributed by atoms with Gasteiger partial charge in [0.25, 0.3) is 0 Å². The second kappa shape index (κ2) is 5.41. The third-order valence-corrected chi connectivity index (χ3v) is 6.70. The Morgan fingerprint density at radius 2 is 1.78 bits per heavy atom. The van der Waals surface area contributed by atoms with Gasteiger partial charge in [0.05, 0.1) is 28.1 Å². The van der Waals surface area contributed by atoms with Crippen LogP contribution in [0.15, 0.2) is 48.7 Å². The van der Waals surface area contributed by atoms with Gasteiger partial charge in [0.2, 0.25) is 0 Å². The lowest BCUT2D eigenvalue weighted by molar-refractivity contribution is 0.243. The molecule has 2 aliphatic rings. The summed E-state index contributed by atoms with van der Waals surface area (Å²) in [7, 11) is 0. The number of nitrogens with zero attached hydrogens (tertiary/aromatic N) is 3. The Bertz CT molecular complexity index is 1030. The number of pyridine rings is 1. The third-order valence-electron chi connectivity index (χ3n) is 6.70. The highest BCUT2D eigenvalue weighted by atomic mass is 19.1. The van der Waals surface area contributed by atoms with Crippen LogP contribution in [0.2, 0.25) is 0 Å². The zero-order valence-electron chi connectivity index (χ0n) is 15.2. The summed E-state index contributed by atoms with van der Waals surface area (Å²) in [5.74, 6) is -0.976. The fourth-order valence-electron chi connectivity index (χ4n) is 5.37. The van der Waals surface area contributed by atoms with E-state index in [1.807, 2.05) is 30.5 Å². The lowest BCUT2D eigenvalue weighted by Crippen LogP contribution is -2.37. The largest absolute Gasteiger partial charge is 0.260 e. The number of benzene rings is 1. The van der Waals surface area contributed by atoms with E-state index < -0.39 is 11.6 Å². The van der Waals surface area contributed by atoms with Gasteiger partial charge in [0.1, 0.15) is 11.6 Å². The van der Waals surface area contributed by atoms with Gasteiger partial charge in [-0.25, -0.2) is 8.78 Å². The van der Waals surface area contributed by atoms with Crippen molar-refractivity contribution in [1.29, 1.82) is 0 Å². The van der Waals surface area contributed by atoms with Gasteiger partial charge in [-0.05, 0) is 60.1 Å². The van der Waals surface area contributed by atoms with Crippen LogP contribution in [0.4, 0.5) is 8.78 Å². The zero-order valence-corrected chi connectivity index (χ0v) is 15.2. The van der Waals surface area contributed by atoms with Crippen molar-refractivity contribution in [2.45, 2.75) is 38.0 Å². The van der Waals surface area contributed by atoms with Gasteiger partial charge in [-0.15, -0.1) is 5.10 Å². The van der Waals surface area contributed by atoms with Crippen molar-refractivity contribution in [2.75, 3.05) is 0 Å². The van der Waals surface area contributed by atoms with Crippen LogP contribution >= 0.6 is 0 Å². The van der Waals surface area contributed by atoms with Crippen LogP contribution in [-0.4, -0.2) is 15.2 Å². The van der Waals surface area contributed by atoms with Gasteiger partial charge >= 0.3 is 0 Å². The summed E-state index contributed by atoms with van der Waals surface area (Å²) in [5.41, 5.74) is 2.69. The van der Waals surface area contributed by atoms with Crippen molar-refractivity contribution in [3.63, 3.8) is 0 Å². The summed E-state index contributed by atoms with van der Waals surface area (Å²) in [5, 5.41) is 8.76. The molecule has 0 spiro atoms. The Labute approximate surface area is 156 Å². The van der Waals surface area contributed by atoms with Gasteiger partial charge in [0, 0.05) is 6.20 Å². The minimum atomic E-state index is -0.619. The van der Waals surface area contributed by atoms with Crippen LogP contribution in [0.1, 0.15) is 49.6 Å². The molecule has 2 aromatic heterocycles. The lowest BCUT2D eigenvalue weighted by Gasteiger charge is -2.37. The first-order valence-corrected chi connectivity index (χ1v) is 9.21. The molecule has 0 N–H and O–H groups in total. The van der Waals surface area contributed by atoms with Crippen molar-refractivity contribution in [3.8, 4) is 11.3 Å². The first kappa shape index (κ1) is 16.5. The summed E-state index contributed by atoms with van der Waals surface area (Å²) < 4.78 is 28.5. The maximum absolute atomic E-state index is 14.3. The van der Waals surface area contributed by atoms with Crippen LogP contribution < -0.4 is 0 Å². The highest BCUT2D eigenvalue weighted by molar-refractivity contribution is 5.64. The summed E-state index contributed by atoms with van der Waals surface area (Å²) in [6.45, 7) is 4.48. The van der Waals surface area contributed by atoms with Crippen LogP contribution in [-0.2, 0) is 5.41 Å². The van der Waals surface area contributed by atoms with E-state index in [0.717, 1.165) is 29.8 Å². The molecule has 0 aliphatic heterocycles. The molecular formula is C22H19F2N3. The van der Waals surface area contributed by atoms with Gasteiger partial charge in [-0.2, -0.15) is 5.10 Å². The van der Waals surface area contributed by atoms with E-state index in [2.05, 4.69) is 29.0 Å². The Morgan fingerprint density at radius 3 is 2.48 bits per heavy atom. The topological polar surface area (TPSA) is 38.7 Å². The first-order chi connectivity index (χ1) is 13.0. The number of hydrogen-bond acceptors (Lipinski definition) is 3. The molecule has 2 heterocycles. The van der Waals surface area contributed by atoms with Crippen LogP contribution in [0, 0.1) is 17.0 Å². The SMILES string of the molecule is CC1(C)[C@H]2CC[C@@]1(c1ccccn1)c1nnc(-c3c(F)cccc3F)cc12. The van der Waals surface area contributed by atoms with Crippen molar-refractivity contribution < 1.29 is 8.78 Å². The lowest BCUT2D eigenvalue weighted by atomic mass is 9.66. The molecule has 2 aliphatic carbocycles. The van der Waals surface area contributed by atoms with Gasteiger partial charge in [-0.3, -0.25) is 4.98 Å². The van der Waals surface area contributed by atoms with E-state index >= 15 is 0 Å². The number of aromatic nitrogens is 3. The highest BCUT2D eigenvalue weighted by Gasteiger charge is 2.64. The summed E-state index contributed by atoms with van der Waals surface area (Å²) in [6.07, 6.45) is 3.76. The molecule has 0 radical (unpaired) electrons. The number of rotatable bonds is 2. The van der Waals surface area contributed by atoms with Crippen LogP contribution in [0.25, 0.3) is 11.3 Å². The molecular weight excluding hydrogens is 344 g/mol. The highest BCUT2D eigenvalue weighted by Crippen LogP contribution is 2.69. The van der Waals surface area contributed by atoms with Crippen LogP contribution in [0.5, 0.6) is 0 Å². The van der Waals surface area contributed by atoms with Crippen LogP contribution in [0.3, 0.4) is 0 Å². The Morgan fingerprint density at radius 1 is 1.00 bits per heavy atom. The number of fused-ring (bicyclic) bond motifs is 5. The van der Waals surface area contributed by atoms with E-state index in [1.54, 1.807) is 0 Å². The predicted octanol–water partition coefficient (Wildman–Crippen LogP) is 5.02. The fourth-order valence-corrected chi connectivity index (χ4v) is 5.37. The molecule has 1 aromatic carbocycles. The predicted molar refractivity (Wildman–Crippen MR) is 98.2 cm³/mol. The number of hydrogen-bond donors (Lipinski definition) is 0. The fraction of sp³-hybridized carbons (Fsp3) is 0.318. The first-order valence-electron chi connectivity index (χ1n) is 9.21. The minimum absolute atomic E-state index is 0.0925. The molecule has 0 saturated heterocycles. The quantitative estimate of drug-likeness (QED) is 0.642. The Kier molecular flexibility index (Phi) is 3.30. The second-order valence-electron chi connectivity index (χ2n) is 8.06. The molecule has 27 heavy (non-hydrogen) atoms. The average Bonchev–Trinajstić information content (AvgIpc) is 3.04. The third kappa shape index (κ3) is 1.97. The molecule has 5 heteroatoms. The molecule has 3 aromatic rings. The molecule has 0 amide bonds. The Hall–Kier alpha value is -2.69. The maximum atomic E-state index is 14.3. The normalized spacial score (nSPS) is 24.8. The van der Waals surface area contributed by atoms with E-state index in [9.17, 15) is 8.78 Å². The van der Waals surface area contributed by atoms with Crippen molar-refractivity contribution in [3.05, 3.63) is 77.2 Å². The van der Waals surface area contributed by atoms with Gasteiger partial charge in [-0.1, -0.05) is 26.0 Å². The molecule has 1 fully saturated rings. The van der Waals surface area contributed by atoms with E-state index in [-0.39, 0.29) is 28.0 Å². The molecule has 2 bridgehead atoms. The monoisotopic (exact) mass is 363 g/mol. The molecule has 1 saturated carbocycles. The summed E-state index contributed by atoms with van der Waals surface area (Å²) in [6, 6.07) is 11.6. The minimum Gasteiger partial charge on any atom is -0.260 e. The van der Waals surface area contributed by atoms with Crippen molar-refractivity contribution in [2.24, 2.45) is 5.41 Å². The number of halogens is 2. The second-order valence-corrected chi connectivity index (χ2v) is 8.06. The van der Waals surface area contributed by atoms with Crippen molar-refractivity contribution >= 4 is 0 Å². The Balaban J connectivity index is 1.74. The van der Waals surface area contributed by atoms with Gasteiger partial charge in [0.15, 0.2) is 0 Å². The molecule has 5 rings (SSSR count). The van der Waals surface area contributed by atoms with E-state index in [4.69, 9.17) is 0 Å². The molecule has 136 valence electrons. The smallest absolute Gasteiger partial charge is 0.135 e.